The molecular weight excluding hydrogens is 139 g/mol. The summed E-state index contributed by atoms with van der Waals surface area (Å²) in [6, 6.07) is 0. The van der Waals surface area contributed by atoms with E-state index in [4.69, 9.17) is 0 Å². The molecule has 0 rings (SSSR count). The topological polar surface area (TPSA) is 43.4 Å². The van der Waals surface area contributed by atoms with E-state index in [0.29, 0.717) is 6.29 Å². The lowest BCUT2D eigenvalue weighted by Crippen LogP contribution is -1.99. The Balaban J connectivity index is 3.58. The van der Waals surface area contributed by atoms with Crippen molar-refractivity contribution in [2.24, 2.45) is 0 Å². The van der Waals surface area contributed by atoms with Crippen molar-refractivity contribution in [3.63, 3.8) is 0 Å². The Hall–Kier alpha value is -0.270. The first kappa shape index (κ1) is 8.73. The average molecular weight is 149 g/mol. The normalized spacial score (nSPS) is 14.7. The molecule has 0 aliphatic heterocycles. The van der Waals surface area contributed by atoms with E-state index < -0.39 is 7.80 Å². The summed E-state index contributed by atoms with van der Waals surface area (Å²) in [6.45, 7) is 1.62. The van der Waals surface area contributed by atoms with Crippen LogP contribution in [0.15, 0.2) is 0 Å². The third-order valence-corrected chi connectivity index (χ3v) is 2.45. The number of ether oxygens (including phenoxy) is 1. The molecule has 52 valence electrons. The van der Waals surface area contributed by atoms with E-state index in [9.17, 15) is 9.36 Å². The highest BCUT2D eigenvalue weighted by Gasteiger charge is 2.23. The Labute approximate surface area is 55.2 Å². The van der Waals surface area contributed by atoms with Gasteiger partial charge in [-0.1, -0.05) is 4.57 Å². The van der Waals surface area contributed by atoms with Gasteiger partial charge in [-0.3, -0.25) is 4.79 Å². The number of hydrogen-bond acceptors (Lipinski definition) is 3. The van der Waals surface area contributed by atoms with E-state index in [1.807, 2.05) is 0 Å². The summed E-state index contributed by atoms with van der Waals surface area (Å²) in [6.07, 6.45) is 0.854. The van der Waals surface area contributed by atoms with Crippen LogP contribution in [0.25, 0.3) is 0 Å². The molecule has 2 unspecified atom stereocenters. The van der Waals surface area contributed by atoms with Crippen LogP contribution in [0.3, 0.4) is 0 Å². The zero-order valence-electron chi connectivity index (χ0n) is 5.53. The van der Waals surface area contributed by atoms with Crippen LogP contribution in [-0.4, -0.2) is 25.4 Å². The minimum atomic E-state index is -1.48. The lowest BCUT2D eigenvalue weighted by molar-refractivity contribution is -0.107. The fourth-order valence-corrected chi connectivity index (χ4v) is 0.938. The van der Waals surface area contributed by atoms with Crippen molar-refractivity contribution in [3.05, 3.63) is 0 Å². The second-order valence-electron chi connectivity index (χ2n) is 1.71. The van der Waals surface area contributed by atoms with E-state index in [2.05, 4.69) is 4.74 Å². The van der Waals surface area contributed by atoms with Crippen LogP contribution in [0.4, 0.5) is 0 Å². The fraction of sp³-hybridized carbons (Fsp3) is 0.800. The molecular formula is C5H10O3P+. The predicted octanol–water partition coefficient (Wildman–Crippen LogP) is 1.01. The van der Waals surface area contributed by atoms with Crippen molar-refractivity contribution in [1.29, 1.82) is 0 Å². The molecule has 0 spiro atoms. The summed E-state index contributed by atoms with van der Waals surface area (Å²) in [4.78, 5) is 9.98. The highest BCUT2D eigenvalue weighted by molar-refractivity contribution is 7.46. The monoisotopic (exact) mass is 149 g/mol. The van der Waals surface area contributed by atoms with Gasteiger partial charge in [0.25, 0.3) is 0 Å². The third-order valence-electron chi connectivity index (χ3n) is 0.908. The van der Waals surface area contributed by atoms with Gasteiger partial charge in [-0.15, -0.1) is 0 Å². The summed E-state index contributed by atoms with van der Waals surface area (Å²) < 4.78 is 15.3. The average Bonchev–Trinajstić information content (AvgIpc) is 1.87. The van der Waals surface area contributed by atoms with E-state index in [1.54, 1.807) is 6.92 Å². The molecule has 0 N–H and O–H groups in total. The fourth-order valence-electron chi connectivity index (χ4n) is 0.313. The zero-order chi connectivity index (χ0) is 7.28. The number of hydrogen-bond donors (Lipinski definition) is 0. The number of carbonyl (C=O) groups excluding carboxylic acids is 1. The van der Waals surface area contributed by atoms with Crippen LogP contribution in [0, 0.1) is 0 Å². The molecule has 0 bridgehead atoms. The van der Waals surface area contributed by atoms with Crippen molar-refractivity contribution in [3.8, 4) is 0 Å². The molecule has 4 heteroatoms. The maximum absolute atomic E-state index is 10.8. The molecule has 0 aliphatic carbocycles. The standard InChI is InChI=1S/C5H10O3P/c1-5(3-6)9(7)4-8-2/h3,5H,4H2,1-2H3/q+1. The number of methoxy groups -OCH3 is 1. The van der Waals surface area contributed by atoms with E-state index in [-0.39, 0.29) is 12.0 Å². The van der Waals surface area contributed by atoms with Crippen molar-refractivity contribution in [2.45, 2.75) is 12.6 Å². The number of aldehydes is 1. The van der Waals surface area contributed by atoms with Crippen LogP contribution < -0.4 is 0 Å². The summed E-state index contributed by atoms with van der Waals surface area (Å²) in [5.41, 5.74) is -0.375. The van der Waals surface area contributed by atoms with Gasteiger partial charge in [-0.2, -0.15) is 0 Å². The molecule has 0 aromatic rings. The first-order valence-electron chi connectivity index (χ1n) is 2.60. The first-order chi connectivity index (χ1) is 4.22. The molecule has 0 aromatic carbocycles. The summed E-state index contributed by atoms with van der Waals surface area (Å²) in [5.74, 6) is 0. The van der Waals surface area contributed by atoms with E-state index >= 15 is 0 Å². The molecule has 0 amide bonds. The molecule has 0 aromatic heterocycles. The highest BCUT2D eigenvalue weighted by atomic mass is 31.1. The van der Waals surface area contributed by atoms with Gasteiger partial charge in [0.2, 0.25) is 12.0 Å². The summed E-state index contributed by atoms with van der Waals surface area (Å²) in [5, 5.41) is 0. The molecule has 9 heavy (non-hydrogen) atoms. The van der Waals surface area contributed by atoms with Crippen molar-refractivity contribution in [2.75, 3.05) is 13.5 Å². The molecule has 3 nitrogen and oxygen atoms in total. The molecule has 2 atom stereocenters. The minimum Gasteiger partial charge on any atom is -0.341 e. The molecule has 0 fully saturated rings. The van der Waals surface area contributed by atoms with Gasteiger partial charge < -0.3 is 4.74 Å². The Morgan fingerprint density at radius 1 is 1.78 bits per heavy atom. The van der Waals surface area contributed by atoms with E-state index in [0.717, 1.165) is 0 Å². The van der Waals surface area contributed by atoms with Gasteiger partial charge in [0.1, 0.15) is 0 Å². The number of rotatable bonds is 4. The molecule has 0 heterocycles. The van der Waals surface area contributed by atoms with E-state index in [1.165, 1.54) is 7.11 Å². The number of carbonyl (C=O) groups is 1. The Morgan fingerprint density at radius 3 is 2.67 bits per heavy atom. The maximum atomic E-state index is 10.8. The summed E-state index contributed by atoms with van der Waals surface area (Å²) in [7, 11) is -0.0192. The van der Waals surface area contributed by atoms with Crippen LogP contribution in [0.5, 0.6) is 0 Å². The molecule has 0 radical (unpaired) electrons. The second-order valence-corrected chi connectivity index (χ2v) is 3.62. The van der Waals surface area contributed by atoms with Gasteiger partial charge in [0, 0.05) is 7.11 Å². The predicted molar refractivity (Wildman–Crippen MR) is 35.0 cm³/mol. The summed E-state index contributed by atoms with van der Waals surface area (Å²) >= 11 is 0. The Kier molecular flexibility index (Phi) is 4.46. The van der Waals surface area contributed by atoms with Gasteiger partial charge in [0.15, 0.2) is 6.29 Å². The quantitative estimate of drug-likeness (QED) is 0.442. The van der Waals surface area contributed by atoms with Crippen molar-refractivity contribution >= 4 is 14.1 Å². The Morgan fingerprint density at radius 2 is 2.33 bits per heavy atom. The smallest absolute Gasteiger partial charge is 0.341 e. The second kappa shape index (κ2) is 4.59. The Bertz CT molecular complexity index is 113. The van der Waals surface area contributed by atoms with Crippen LogP contribution in [0.1, 0.15) is 6.92 Å². The third kappa shape index (κ3) is 3.33. The minimum absolute atomic E-state index is 0.176. The van der Waals surface area contributed by atoms with Gasteiger partial charge >= 0.3 is 7.80 Å². The van der Waals surface area contributed by atoms with Gasteiger partial charge in [-0.25, -0.2) is 0 Å². The van der Waals surface area contributed by atoms with Gasteiger partial charge in [0.05, 0.1) is 0 Å². The van der Waals surface area contributed by atoms with Crippen LogP contribution in [-0.2, 0) is 14.1 Å². The molecule has 0 aliphatic rings. The SMILES string of the molecule is COC[P+](=O)C(C)C=O. The zero-order valence-corrected chi connectivity index (χ0v) is 6.43. The first-order valence-corrected chi connectivity index (χ1v) is 4.11. The van der Waals surface area contributed by atoms with Crippen molar-refractivity contribution < 1.29 is 14.1 Å². The largest absolute Gasteiger partial charge is 0.377 e. The maximum Gasteiger partial charge on any atom is 0.377 e. The van der Waals surface area contributed by atoms with Crippen molar-refractivity contribution in [1.82, 2.24) is 0 Å². The molecule has 0 saturated heterocycles. The lowest BCUT2D eigenvalue weighted by Gasteiger charge is -1.86. The molecule has 0 saturated carbocycles. The lowest BCUT2D eigenvalue weighted by atomic mass is 10.5. The highest BCUT2D eigenvalue weighted by Crippen LogP contribution is 2.25. The van der Waals surface area contributed by atoms with Crippen LogP contribution >= 0.6 is 7.80 Å². The van der Waals surface area contributed by atoms with Crippen LogP contribution in [0.2, 0.25) is 0 Å². The van der Waals surface area contributed by atoms with Gasteiger partial charge in [-0.05, 0) is 6.92 Å².